The van der Waals surface area contributed by atoms with Crippen molar-refractivity contribution in [2.24, 2.45) is 7.05 Å². The van der Waals surface area contributed by atoms with Crippen molar-refractivity contribution in [3.05, 3.63) is 30.1 Å². The second-order valence-corrected chi connectivity index (χ2v) is 5.99. The van der Waals surface area contributed by atoms with Crippen molar-refractivity contribution in [1.29, 1.82) is 0 Å². The number of amides is 1. The maximum atomic E-state index is 12.3. The molecule has 0 saturated carbocycles. The number of carbonyl (C=O) groups is 1. The molecule has 112 valence electrons. The monoisotopic (exact) mass is 306 g/mol. The maximum absolute atomic E-state index is 12.3. The molecule has 0 unspecified atom stereocenters. The molecule has 0 fully saturated rings. The number of methoxy groups -OCH3 is 1. The molecule has 1 amide bonds. The third kappa shape index (κ3) is 3.75. The van der Waals surface area contributed by atoms with Gasteiger partial charge in [-0.25, -0.2) is 0 Å². The average Bonchev–Trinajstić information content (AvgIpc) is 2.84. The largest absolute Gasteiger partial charge is 0.495 e. The number of benzene rings is 1. The van der Waals surface area contributed by atoms with Crippen LogP contribution < -0.4 is 10.1 Å². The van der Waals surface area contributed by atoms with Crippen molar-refractivity contribution in [3.63, 3.8) is 0 Å². The van der Waals surface area contributed by atoms with E-state index < -0.39 is 0 Å². The number of anilines is 1. The Balaban J connectivity index is 2.07. The van der Waals surface area contributed by atoms with E-state index in [0.717, 1.165) is 5.56 Å². The number of nitrogens with one attached hydrogen (secondary N) is 1. The van der Waals surface area contributed by atoms with Crippen LogP contribution in [0.4, 0.5) is 5.69 Å². The van der Waals surface area contributed by atoms with Crippen LogP contribution in [0.5, 0.6) is 5.75 Å². The Morgan fingerprint density at radius 1 is 1.48 bits per heavy atom. The van der Waals surface area contributed by atoms with E-state index in [4.69, 9.17) is 4.74 Å². The van der Waals surface area contributed by atoms with Gasteiger partial charge in [0.25, 0.3) is 0 Å². The maximum Gasteiger partial charge on any atom is 0.237 e. The van der Waals surface area contributed by atoms with Crippen molar-refractivity contribution < 1.29 is 9.53 Å². The number of carbonyl (C=O) groups excluding carboxylic acids is 1. The lowest BCUT2D eigenvalue weighted by Gasteiger charge is -2.14. The van der Waals surface area contributed by atoms with Gasteiger partial charge in [-0.05, 0) is 31.5 Å². The van der Waals surface area contributed by atoms with Gasteiger partial charge in [0, 0.05) is 7.05 Å². The molecule has 0 radical (unpaired) electrons. The average molecular weight is 306 g/mol. The van der Waals surface area contributed by atoms with Crippen LogP contribution in [0.15, 0.2) is 29.7 Å². The smallest absolute Gasteiger partial charge is 0.237 e. The summed E-state index contributed by atoms with van der Waals surface area (Å²) in [7, 11) is 3.43. The van der Waals surface area contributed by atoms with Crippen LogP contribution >= 0.6 is 11.8 Å². The molecule has 0 saturated heterocycles. The zero-order valence-corrected chi connectivity index (χ0v) is 13.3. The summed E-state index contributed by atoms with van der Waals surface area (Å²) in [6.45, 7) is 3.80. The minimum atomic E-state index is -0.293. The Labute approximate surface area is 127 Å². The van der Waals surface area contributed by atoms with Gasteiger partial charge in [0.2, 0.25) is 5.91 Å². The third-order valence-corrected chi connectivity index (χ3v) is 4.08. The number of aromatic nitrogens is 3. The number of ether oxygens (including phenoxy) is 1. The second kappa shape index (κ2) is 6.62. The number of hydrogen-bond donors (Lipinski definition) is 1. The van der Waals surface area contributed by atoms with Crippen molar-refractivity contribution in [2.45, 2.75) is 24.3 Å². The highest BCUT2D eigenvalue weighted by atomic mass is 32.2. The van der Waals surface area contributed by atoms with Gasteiger partial charge in [-0.1, -0.05) is 17.8 Å². The lowest BCUT2D eigenvalue weighted by atomic mass is 10.2. The summed E-state index contributed by atoms with van der Waals surface area (Å²) < 4.78 is 7.04. The Kier molecular flexibility index (Phi) is 4.85. The summed E-state index contributed by atoms with van der Waals surface area (Å²) in [6, 6.07) is 5.66. The summed E-state index contributed by atoms with van der Waals surface area (Å²) >= 11 is 1.36. The van der Waals surface area contributed by atoms with E-state index in [2.05, 4.69) is 15.5 Å². The SMILES string of the molecule is COc1ccc(C)cc1NC(=O)[C@H](C)Sc1nncn1C. The molecule has 1 atom stereocenters. The minimum Gasteiger partial charge on any atom is -0.495 e. The molecule has 7 heteroatoms. The molecule has 1 heterocycles. The predicted octanol–water partition coefficient (Wildman–Crippen LogP) is 2.25. The summed E-state index contributed by atoms with van der Waals surface area (Å²) in [5.41, 5.74) is 1.73. The van der Waals surface area contributed by atoms with Crippen LogP contribution in [0.25, 0.3) is 0 Å². The van der Waals surface area contributed by atoms with Crippen LogP contribution in [0.2, 0.25) is 0 Å². The molecule has 1 aromatic carbocycles. The van der Waals surface area contributed by atoms with E-state index in [1.54, 1.807) is 18.0 Å². The molecule has 0 spiro atoms. The Hall–Kier alpha value is -2.02. The van der Waals surface area contributed by atoms with Gasteiger partial charge in [0.1, 0.15) is 12.1 Å². The molecular weight excluding hydrogens is 288 g/mol. The summed E-state index contributed by atoms with van der Waals surface area (Å²) in [5, 5.41) is 11.1. The standard InChI is InChI=1S/C14H18N4O2S/c1-9-5-6-12(20-4)11(7-9)16-13(19)10(2)21-14-17-15-8-18(14)3/h5-8,10H,1-4H3,(H,16,19)/t10-/m0/s1. The molecule has 2 rings (SSSR count). The van der Waals surface area contributed by atoms with Crippen molar-refractivity contribution in [1.82, 2.24) is 14.8 Å². The van der Waals surface area contributed by atoms with Gasteiger partial charge in [-0.3, -0.25) is 4.79 Å². The first-order valence-corrected chi connectivity index (χ1v) is 7.35. The van der Waals surface area contributed by atoms with Crippen molar-refractivity contribution in [2.75, 3.05) is 12.4 Å². The normalized spacial score (nSPS) is 12.0. The minimum absolute atomic E-state index is 0.105. The fourth-order valence-corrected chi connectivity index (χ4v) is 2.53. The number of nitrogens with zero attached hydrogens (tertiary/aromatic N) is 3. The Morgan fingerprint density at radius 2 is 2.24 bits per heavy atom. The van der Waals surface area contributed by atoms with Gasteiger partial charge >= 0.3 is 0 Å². The lowest BCUT2D eigenvalue weighted by Crippen LogP contribution is -2.23. The van der Waals surface area contributed by atoms with Gasteiger partial charge < -0.3 is 14.6 Å². The van der Waals surface area contributed by atoms with E-state index in [-0.39, 0.29) is 11.2 Å². The zero-order chi connectivity index (χ0) is 15.4. The molecule has 21 heavy (non-hydrogen) atoms. The Morgan fingerprint density at radius 3 is 2.86 bits per heavy atom. The first-order valence-electron chi connectivity index (χ1n) is 6.47. The summed E-state index contributed by atoms with van der Waals surface area (Å²) in [4.78, 5) is 12.3. The highest BCUT2D eigenvalue weighted by Crippen LogP contribution is 2.27. The summed E-state index contributed by atoms with van der Waals surface area (Å²) in [5.74, 6) is 0.539. The number of hydrogen-bond acceptors (Lipinski definition) is 5. The molecule has 0 aliphatic heterocycles. The Bertz CT molecular complexity index is 642. The molecule has 0 bridgehead atoms. The number of rotatable bonds is 5. The molecule has 0 aliphatic carbocycles. The molecule has 1 aromatic heterocycles. The molecule has 0 aliphatic rings. The predicted molar refractivity (Wildman–Crippen MR) is 82.7 cm³/mol. The summed E-state index contributed by atoms with van der Waals surface area (Å²) in [6.07, 6.45) is 1.61. The zero-order valence-electron chi connectivity index (χ0n) is 12.5. The van der Waals surface area contributed by atoms with Gasteiger partial charge in [-0.2, -0.15) is 0 Å². The highest BCUT2D eigenvalue weighted by Gasteiger charge is 2.18. The van der Waals surface area contributed by atoms with E-state index in [0.29, 0.717) is 16.6 Å². The first kappa shape index (κ1) is 15.4. The van der Waals surface area contributed by atoms with E-state index >= 15 is 0 Å². The van der Waals surface area contributed by atoms with Crippen LogP contribution in [0.1, 0.15) is 12.5 Å². The quantitative estimate of drug-likeness (QED) is 0.858. The first-order chi connectivity index (χ1) is 10.0. The van der Waals surface area contributed by atoms with Crippen LogP contribution in [0.3, 0.4) is 0 Å². The fraction of sp³-hybridized carbons (Fsp3) is 0.357. The van der Waals surface area contributed by atoms with Gasteiger partial charge in [0.15, 0.2) is 5.16 Å². The van der Waals surface area contributed by atoms with E-state index in [1.807, 2.05) is 39.1 Å². The lowest BCUT2D eigenvalue weighted by molar-refractivity contribution is -0.115. The molecule has 6 nitrogen and oxygen atoms in total. The van der Waals surface area contributed by atoms with Crippen LogP contribution in [-0.4, -0.2) is 33.0 Å². The number of aryl methyl sites for hydroxylation is 2. The highest BCUT2D eigenvalue weighted by molar-refractivity contribution is 8.00. The third-order valence-electron chi connectivity index (χ3n) is 2.93. The molecular formula is C14H18N4O2S. The topological polar surface area (TPSA) is 69.0 Å². The van der Waals surface area contributed by atoms with Gasteiger partial charge in [0.05, 0.1) is 18.0 Å². The van der Waals surface area contributed by atoms with Crippen LogP contribution in [-0.2, 0) is 11.8 Å². The van der Waals surface area contributed by atoms with E-state index in [1.165, 1.54) is 11.8 Å². The molecule has 2 aromatic rings. The van der Waals surface area contributed by atoms with Crippen LogP contribution in [0, 0.1) is 6.92 Å². The number of thioether (sulfide) groups is 1. The van der Waals surface area contributed by atoms with Gasteiger partial charge in [-0.15, -0.1) is 10.2 Å². The fourth-order valence-electron chi connectivity index (χ4n) is 1.74. The van der Waals surface area contributed by atoms with E-state index in [9.17, 15) is 4.79 Å². The van der Waals surface area contributed by atoms with Crippen molar-refractivity contribution >= 4 is 23.4 Å². The second-order valence-electron chi connectivity index (χ2n) is 4.68. The molecule has 1 N–H and O–H groups in total. The van der Waals surface area contributed by atoms with Crippen molar-refractivity contribution in [3.8, 4) is 5.75 Å².